The van der Waals surface area contributed by atoms with Crippen LogP contribution in [0.2, 0.25) is 10.0 Å². The standard InChI is InChI=1S/C19H15Cl2N5O2/c1-10-2-4-11(5-3-10)17-23-19-24-18(28)15(26(19)25-17)9-16(27)22-12-6-7-13(20)14(21)8-12/h2-8,15H,9H2,1H3,(H,22,27)(H,23,24,25,28)/t15-/m0/s1. The molecule has 2 heterocycles. The third-order valence-electron chi connectivity index (χ3n) is 4.36. The molecule has 0 saturated heterocycles. The molecule has 1 aliphatic heterocycles. The van der Waals surface area contributed by atoms with E-state index < -0.39 is 6.04 Å². The van der Waals surface area contributed by atoms with Gasteiger partial charge in [-0.1, -0.05) is 53.0 Å². The third kappa shape index (κ3) is 3.58. The Morgan fingerprint density at radius 3 is 2.64 bits per heavy atom. The van der Waals surface area contributed by atoms with Crippen LogP contribution in [0.4, 0.5) is 11.6 Å². The second kappa shape index (κ2) is 7.26. The molecule has 0 spiro atoms. The van der Waals surface area contributed by atoms with Crippen LogP contribution >= 0.6 is 23.2 Å². The van der Waals surface area contributed by atoms with Crippen LogP contribution in [0.25, 0.3) is 11.4 Å². The number of nitrogens with zero attached hydrogens (tertiary/aromatic N) is 3. The van der Waals surface area contributed by atoms with Gasteiger partial charge in [0.15, 0.2) is 5.82 Å². The van der Waals surface area contributed by atoms with E-state index in [1.165, 1.54) is 4.68 Å². The van der Waals surface area contributed by atoms with E-state index in [1.807, 2.05) is 31.2 Å². The molecule has 0 unspecified atom stereocenters. The van der Waals surface area contributed by atoms with Gasteiger partial charge in [-0.05, 0) is 25.1 Å². The van der Waals surface area contributed by atoms with Crippen LogP contribution in [-0.4, -0.2) is 26.6 Å². The van der Waals surface area contributed by atoms with E-state index in [0.29, 0.717) is 27.5 Å². The molecule has 1 aliphatic rings. The molecule has 0 saturated carbocycles. The van der Waals surface area contributed by atoms with Crippen molar-refractivity contribution >= 4 is 46.7 Å². The van der Waals surface area contributed by atoms with Crippen LogP contribution in [0.1, 0.15) is 18.0 Å². The van der Waals surface area contributed by atoms with Crippen molar-refractivity contribution < 1.29 is 9.59 Å². The lowest BCUT2D eigenvalue weighted by molar-refractivity contribution is -0.123. The number of benzene rings is 2. The Morgan fingerprint density at radius 2 is 1.93 bits per heavy atom. The average Bonchev–Trinajstić information content (AvgIpc) is 3.18. The van der Waals surface area contributed by atoms with E-state index in [1.54, 1.807) is 18.2 Å². The van der Waals surface area contributed by atoms with Crippen molar-refractivity contribution in [3.8, 4) is 11.4 Å². The minimum Gasteiger partial charge on any atom is -0.326 e. The van der Waals surface area contributed by atoms with Gasteiger partial charge < -0.3 is 5.32 Å². The number of hydrogen-bond acceptors (Lipinski definition) is 4. The van der Waals surface area contributed by atoms with E-state index in [2.05, 4.69) is 20.7 Å². The fourth-order valence-corrected chi connectivity index (χ4v) is 3.19. The minimum absolute atomic E-state index is 0.0875. The van der Waals surface area contributed by atoms with Gasteiger partial charge in [0, 0.05) is 11.3 Å². The number of aryl methyl sites for hydroxylation is 1. The first-order valence-corrected chi connectivity index (χ1v) is 9.25. The Labute approximate surface area is 170 Å². The number of carbonyl (C=O) groups excluding carboxylic acids is 2. The normalized spacial score (nSPS) is 15.2. The number of amides is 2. The van der Waals surface area contributed by atoms with Crippen molar-refractivity contribution in [1.29, 1.82) is 0 Å². The van der Waals surface area contributed by atoms with Gasteiger partial charge >= 0.3 is 0 Å². The summed E-state index contributed by atoms with van der Waals surface area (Å²) in [7, 11) is 0. The first kappa shape index (κ1) is 18.5. The number of nitrogens with one attached hydrogen (secondary N) is 2. The zero-order valence-electron chi connectivity index (χ0n) is 14.7. The van der Waals surface area contributed by atoms with Gasteiger partial charge in [-0.2, -0.15) is 4.98 Å². The molecule has 0 fully saturated rings. The number of carbonyl (C=O) groups is 2. The Bertz CT molecular complexity index is 1080. The maximum absolute atomic E-state index is 12.4. The molecule has 1 atom stereocenters. The SMILES string of the molecule is Cc1ccc(-c2nc3n(n2)[C@@H](CC(=O)Nc2ccc(Cl)c(Cl)c2)C(=O)N3)cc1. The molecule has 28 heavy (non-hydrogen) atoms. The molecular weight excluding hydrogens is 401 g/mol. The lowest BCUT2D eigenvalue weighted by Crippen LogP contribution is -2.23. The van der Waals surface area contributed by atoms with Crippen LogP contribution < -0.4 is 10.6 Å². The van der Waals surface area contributed by atoms with E-state index in [4.69, 9.17) is 23.2 Å². The highest BCUT2D eigenvalue weighted by Gasteiger charge is 2.35. The number of rotatable bonds is 4. The zero-order valence-corrected chi connectivity index (χ0v) is 16.3. The van der Waals surface area contributed by atoms with Crippen molar-refractivity contribution in [2.24, 2.45) is 0 Å². The smallest absolute Gasteiger partial charge is 0.252 e. The predicted molar refractivity (Wildman–Crippen MR) is 108 cm³/mol. The summed E-state index contributed by atoms with van der Waals surface area (Å²) >= 11 is 11.8. The second-order valence-corrected chi connectivity index (χ2v) is 7.27. The molecule has 4 rings (SSSR count). The summed E-state index contributed by atoms with van der Waals surface area (Å²) in [5.41, 5.74) is 2.46. The summed E-state index contributed by atoms with van der Waals surface area (Å²) in [6, 6.07) is 11.7. The van der Waals surface area contributed by atoms with Crippen LogP contribution in [-0.2, 0) is 9.59 Å². The van der Waals surface area contributed by atoms with Gasteiger partial charge in [-0.15, -0.1) is 5.10 Å². The molecule has 0 radical (unpaired) electrons. The summed E-state index contributed by atoms with van der Waals surface area (Å²) < 4.78 is 1.45. The molecule has 2 aromatic carbocycles. The molecule has 1 aromatic heterocycles. The molecule has 0 bridgehead atoms. The average molecular weight is 416 g/mol. The number of halogens is 2. The summed E-state index contributed by atoms with van der Waals surface area (Å²) in [5.74, 6) is 0.145. The van der Waals surface area contributed by atoms with Gasteiger partial charge in [0.05, 0.1) is 16.5 Å². The Kier molecular flexibility index (Phi) is 4.78. The number of hydrogen-bond donors (Lipinski definition) is 2. The van der Waals surface area contributed by atoms with Gasteiger partial charge in [-0.3, -0.25) is 14.9 Å². The van der Waals surface area contributed by atoms with Crippen LogP contribution in [0, 0.1) is 6.92 Å². The van der Waals surface area contributed by atoms with E-state index >= 15 is 0 Å². The number of aromatic nitrogens is 3. The highest BCUT2D eigenvalue weighted by molar-refractivity contribution is 6.42. The van der Waals surface area contributed by atoms with Crippen molar-refractivity contribution in [3.63, 3.8) is 0 Å². The summed E-state index contributed by atoms with van der Waals surface area (Å²) in [4.78, 5) is 29.0. The molecule has 3 aromatic rings. The van der Waals surface area contributed by atoms with Crippen LogP contribution in [0.3, 0.4) is 0 Å². The Balaban J connectivity index is 1.51. The van der Waals surface area contributed by atoms with E-state index in [-0.39, 0.29) is 18.2 Å². The van der Waals surface area contributed by atoms with Crippen LogP contribution in [0.5, 0.6) is 0 Å². The monoisotopic (exact) mass is 415 g/mol. The third-order valence-corrected chi connectivity index (χ3v) is 5.10. The second-order valence-electron chi connectivity index (χ2n) is 6.46. The van der Waals surface area contributed by atoms with E-state index in [9.17, 15) is 9.59 Å². The first-order chi connectivity index (χ1) is 13.4. The number of fused-ring (bicyclic) bond motifs is 1. The largest absolute Gasteiger partial charge is 0.326 e. The predicted octanol–water partition coefficient (Wildman–Crippen LogP) is 4.08. The lowest BCUT2D eigenvalue weighted by Gasteiger charge is -2.10. The topological polar surface area (TPSA) is 88.9 Å². The first-order valence-electron chi connectivity index (χ1n) is 8.50. The lowest BCUT2D eigenvalue weighted by atomic mass is 10.1. The van der Waals surface area contributed by atoms with Gasteiger partial charge in [0.25, 0.3) is 5.91 Å². The maximum Gasteiger partial charge on any atom is 0.252 e. The fraction of sp³-hybridized carbons (Fsp3) is 0.158. The summed E-state index contributed by atoms with van der Waals surface area (Å²) in [5, 5.41) is 10.5. The molecule has 0 aliphatic carbocycles. The van der Waals surface area contributed by atoms with Crippen molar-refractivity contribution in [1.82, 2.24) is 14.8 Å². The van der Waals surface area contributed by atoms with E-state index in [0.717, 1.165) is 11.1 Å². The van der Waals surface area contributed by atoms with Gasteiger partial charge in [0.2, 0.25) is 11.9 Å². The summed E-state index contributed by atoms with van der Waals surface area (Å²) in [6.07, 6.45) is -0.0875. The highest BCUT2D eigenvalue weighted by atomic mass is 35.5. The van der Waals surface area contributed by atoms with Crippen molar-refractivity contribution in [2.75, 3.05) is 10.6 Å². The molecule has 9 heteroatoms. The summed E-state index contributed by atoms with van der Waals surface area (Å²) in [6.45, 7) is 1.99. The molecule has 2 amide bonds. The number of anilines is 2. The van der Waals surface area contributed by atoms with Crippen molar-refractivity contribution in [2.45, 2.75) is 19.4 Å². The highest BCUT2D eigenvalue weighted by Crippen LogP contribution is 2.29. The Morgan fingerprint density at radius 1 is 1.18 bits per heavy atom. The molecule has 142 valence electrons. The Hall–Kier alpha value is -2.90. The molecule has 7 nitrogen and oxygen atoms in total. The maximum atomic E-state index is 12.4. The van der Waals surface area contributed by atoms with Gasteiger partial charge in [0.1, 0.15) is 6.04 Å². The zero-order chi connectivity index (χ0) is 19.8. The minimum atomic E-state index is -0.774. The fourth-order valence-electron chi connectivity index (χ4n) is 2.90. The molecular formula is C19H15Cl2N5O2. The van der Waals surface area contributed by atoms with Gasteiger partial charge in [-0.25, -0.2) is 4.68 Å². The van der Waals surface area contributed by atoms with Crippen LogP contribution in [0.15, 0.2) is 42.5 Å². The quantitative estimate of drug-likeness (QED) is 0.671. The van der Waals surface area contributed by atoms with Crippen molar-refractivity contribution in [3.05, 3.63) is 58.1 Å². The molecule has 2 N–H and O–H groups in total.